The Bertz CT molecular complexity index is 925. The van der Waals surface area contributed by atoms with E-state index in [0.29, 0.717) is 23.9 Å². The normalized spacial score (nSPS) is 26.8. The van der Waals surface area contributed by atoms with E-state index in [4.69, 9.17) is 16.6 Å². The van der Waals surface area contributed by atoms with Crippen molar-refractivity contribution >= 4 is 35.3 Å². The number of nitrogens with zero attached hydrogens (tertiary/aromatic N) is 2. The smallest absolute Gasteiger partial charge is 0.0983 e. The van der Waals surface area contributed by atoms with Crippen LogP contribution in [0.4, 0.5) is 0 Å². The fraction of sp³-hybridized carbons (Fsp3) is 0.348. The number of halogens is 2. The first-order valence-electron chi connectivity index (χ1n) is 9.69. The molecule has 1 aromatic heterocycles. The van der Waals surface area contributed by atoms with Crippen LogP contribution in [0.15, 0.2) is 60.8 Å². The lowest BCUT2D eigenvalue weighted by Crippen LogP contribution is -2.44. The summed E-state index contributed by atoms with van der Waals surface area (Å²) in [6.45, 7) is 0. The molecule has 3 heterocycles. The number of benzene rings is 2. The lowest BCUT2D eigenvalue weighted by Gasteiger charge is -2.42. The summed E-state index contributed by atoms with van der Waals surface area (Å²) in [6.07, 6.45) is 5.85. The van der Waals surface area contributed by atoms with Crippen molar-refractivity contribution in [3.05, 3.63) is 76.4 Å². The molecule has 5 rings (SSSR count). The monoisotopic (exact) mass is 430 g/mol. The maximum absolute atomic E-state index is 6.15. The summed E-state index contributed by atoms with van der Waals surface area (Å²) in [7, 11) is 2.30. The van der Waals surface area contributed by atoms with Gasteiger partial charge in [-0.05, 0) is 55.5 Å². The van der Waals surface area contributed by atoms with Gasteiger partial charge in [0.2, 0.25) is 0 Å². The quantitative estimate of drug-likeness (QED) is 0.463. The van der Waals surface area contributed by atoms with E-state index in [2.05, 4.69) is 60.6 Å². The second-order valence-corrected chi connectivity index (χ2v) is 9.31. The van der Waals surface area contributed by atoms with Gasteiger partial charge in [-0.25, -0.2) is 4.98 Å². The highest BCUT2D eigenvalue weighted by atomic mass is 35.5. The Labute approximate surface area is 182 Å². The zero-order valence-corrected chi connectivity index (χ0v) is 18.2. The third kappa shape index (κ3) is 3.50. The highest BCUT2D eigenvalue weighted by Crippen LogP contribution is 2.52. The van der Waals surface area contributed by atoms with Crippen molar-refractivity contribution in [2.75, 3.05) is 7.05 Å². The van der Waals surface area contributed by atoms with Gasteiger partial charge in [-0.15, -0.1) is 23.7 Å². The van der Waals surface area contributed by atoms with Crippen LogP contribution in [0, 0.1) is 0 Å². The molecule has 0 amide bonds. The van der Waals surface area contributed by atoms with Crippen LogP contribution < -0.4 is 0 Å². The number of likely N-dealkylation sites (N-methyl/N-ethyl adjacent to an activating group) is 1. The Kier molecular flexibility index (Phi) is 5.80. The van der Waals surface area contributed by atoms with Gasteiger partial charge in [-0.1, -0.05) is 54.1 Å². The zero-order chi connectivity index (χ0) is 18.4. The summed E-state index contributed by atoms with van der Waals surface area (Å²) >= 11 is 8.02. The van der Waals surface area contributed by atoms with E-state index in [1.165, 1.54) is 40.3 Å². The molecule has 0 saturated carbocycles. The van der Waals surface area contributed by atoms with Crippen LogP contribution in [-0.2, 0) is 0 Å². The Morgan fingerprint density at radius 2 is 1.79 bits per heavy atom. The molecule has 5 heteroatoms. The second kappa shape index (κ2) is 8.16. The summed E-state index contributed by atoms with van der Waals surface area (Å²) in [5, 5.41) is 2.10. The number of hydrogen-bond acceptors (Lipinski definition) is 3. The second-order valence-electron chi connectivity index (χ2n) is 7.81. The van der Waals surface area contributed by atoms with E-state index < -0.39 is 0 Å². The molecule has 2 aliphatic heterocycles. The van der Waals surface area contributed by atoms with E-state index in [1.807, 2.05) is 23.5 Å². The molecule has 2 aromatic carbocycles. The SMILES string of the molecule is CN1C2CC[C@@H]1C[C@H](c1ccc(Cl)cc1)C2c1ncc(-c2ccccc2)s1.Cl. The largest absolute Gasteiger partial charge is 0.300 e. The molecule has 2 saturated heterocycles. The van der Waals surface area contributed by atoms with Crippen molar-refractivity contribution in [2.45, 2.75) is 43.2 Å². The summed E-state index contributed by atoms with van der Waals surface area (Å²) in [6, 6.07) is 20.4. The average molecular weight is 431 g/mol. The molecule has 146 valence electrons. The van der Waals surface area contributed by atoms with Crippen LogP contribution >= 0.6 is 35.3 Å². The first-order valence-corrected chi connectivity index (χ1v) is 10.9. The molecule has 2 aliphatic rings. The predicted molar refractivity (Wildman–Crippen MR) is 121 cm³/mol. The number of piperidine rings is 1. The molecular formula is C23H24Cl2N2S. The van der Waals surface area contributed by atoms with Crippen molar-refractivity contribution in [2.24, 2.45) is 0 Å². The minimum atomic E-state index is 0. The van der Waals surface area contributed by atoms with Crippen molar-refractivity contribution in [1.82, 2.24) is 9.88 Å². The van der Waals surface area contributed by atoms with Gasteiger partial charge in [0.1, 0.15) is 0 Å². The van der Waals surface area contributed by atoms with Gasteiger partial charge in [-0.3, -0.25) is 4.90 Å². The number of hydrogen-bond donors (Lipinski definition) is 0. The van der Waals surface area contributed by atoms with Crippen LogP contribution in [0.1, 0.15) is 41.7 Å². The molecule has 0 N–H and O–H groups in total. The third-order valence-corrected chi connectivity index (χ3v) is 7.83. The van der Waals surface area contributed by atoms with Gasteiger partial charge >= 0.3 is 0 Å². The maximum atomic E-state index is 6.15. The van der Waals surface area contributed by atoms with Crippen LogP contribution in [0.25, 0.3) is 10.4 Å². The fourth-order valence-electron chi connectivity index (χ4n) is 5.03. The standard InChI is InChI=1S/C23H23ClN2S.ClH/c1-26-18-11-12-20(26)22(19(13-18)15-7-9-17(24)10-8-15)23-25-14-21(27-23)16-5-3-2-4-6-16;/h2-10,14,18-20,22H,11-13H2,1H3;1H/t18-,19-,20?,22?;/m1./s1. The molecule has 0 aliphatic carbocycles. The molecule has 2 bridgehead atoms. The fourth-order valence-corrected chi connectivity index (χ4v) is 6.31. The van der Waals surface area contributed by atoms with Crippen molar-refractivity contribution in [3.8, 4) is 10.4 Å². The van der Waals surface area contributed by atoms with E-state index >= 15 is 0 Å². The number of aromatic nitrogens is 1. The van der Waals surface area contributed by atoms with Gasteiger partial charge in [0.25, 0.3) is 0 Å². The summed E-state index contributed by atoms with van der Waals surface area (Å²) < 4.78 is 0. The summed E-state index contributed by atoms with van der Waals surface area (Å²) in [5.74, 6) is 0.975. The molecule has 2 unspecified atom stereocenters. The van der Waals surface area contributed by atoms with Crippen LogP contribution in [0.5, 0.6) is 0 Å². The van der Waals surface area contributed by atoms with Crippen molar-refractivity contribution in [3.63, 3.8) is 0 Å². The van der Waals surface area contributed by atoms with Crippen molar-refractivity contribution in [1.29, 1.82) is 0 Å². The lowest BCUT2D eigenvalue weighted by atomic mass is 9.76. The third-order valence-electron chi connectivity index (χ3n) is 6.43. The minimum absolute atomic E-state index is 0. The topological polar surface area (TPSA) is 16.1 Å². The van der Waals surface area contributed by atoms with Gasteiger partial charge in [0, 0.05) is 29.2 Å². The van der Waals surface area contributed by atoms with E-state index in [0.717, 1.165) is 5.02 Å². The predicted octanol–water partition coefficient (Wildman–Crippen LogP) is 6.62. The molecule has 28 heavy (non-hydrogen) atoms. The van der Waals surface area contributed by atoms with E-state index in [-0.39, 0.29) is 12.4 Å². The zero-order valence-electron chi connectivity index (χ0n) is 15.8. The molecular weight excluding hydrogens is 407 g/mol. The van der Waals surface area contributed by atoms with Gasteiger partial charge in [0.05, 0.1) is 9.88 Å². The Hall–Kier alpha value is -1.39. The molecule has 0 spiro atoms. The Morgan fingerprint density at radius 3 is 2.54 bits per heavy atom. The highest BCUT2D eigenvalue weighted by Gasteiger charge is 2.47. The van der Waals surface area contributed by atoms with Gasteiger partial charge in [0.15, 0.2) is 0 Å². The molecule has 4 atom stereocenters. The van der Waals surface area contributed by atoms with Crippen LogP contribution in [-0.4, -0.2) is 29.0 Å². The van der Waals surface area contributed by atoms with Crippen LogP contribution in [0.3, 0.4) is 0 Å². The van der Waals surface area contributed by atoms with Gasteiger partial charge in [-0.2, -0.15) is 0 Å². The first-order chi connectivity index (χ1) is 13.2. The summed E-state index contributed by atoms with van der Waals surface area (Å²) in [5.41, 5.74) is 2.67. The first kappa shape index (κ1) is 19.9. The number of thiazole rings is 1. The van der Waals surface area contributed by atoms with E-state index in [1.54, 1.807) is 0 Å². The molecule has 0 radical (unpaired) electrons. The maximum Gasteiger partial charge on any atom is 0.0983 e. The van der Waals surface area contributed by atoms with Crippen LogP contribution in [0.2, 0.25) is 5.02 Å². The molecule has 3 aromatic rings. The van der Waals surface area contributed by atoms with Crippen molar-refractivity contribution < 1.29 is 0 Å². The Morgan fingerprint density at radius 1 is 1.04 bits per heavy atom. The lowest BCUT2D eigenvalue weighted by molar-refractivity contribution is 0.137. The Balaban J connectivity index is 0.00000192. The number of fused-ring (bicyclic) bond motifs is 2. The number of rotatable bonds is 3. The van der Waals surface area contributed by atoms with Gasteiger partial charge < -0.3 is 0 Å². The summed E-state index contributed by atoms with van der Waals surface area (Å²) in [4.78, 5) is 8.81. The highest BCUT2D eigenvalue weighted by molar-refractivity contribution is 7.15. The molecule has 2 fully saturated rings. The van der Waals surface area contributed by atoms with E-state index in [9.17, 15) is 0 Å². The molecule has 2 nitrogen and oxygen atoms in total. The average Bonchev–Trinajstić information content (AvgIpc) is 3.26. The minimum Gasteiger partial charge on any atom is -0.300 e.